The number of piperidine rings is 1. The standard InChI is InChI=1S/C24H28N4O4/c1-30-20-13-22(32-3)21(31-2)11-17(20)15-28-10-6-7-16(14-28)19-12-23(29)27-24(26-19)18-8-4-5-9-25-18/h4-5,8-9,11-13,16H,6-7,10,14-15H2,1-3H3,(H,26,27,29). The summed E-state index contributed by atoms with van der Waals surface area (Å²) in [6.45, 7) is 2.47. The minimum absolute atomic E-state index is 0.158. The summed E-state index contributed by atoms with van der Waals surface area (Å²) in [6.07, 6.45) is 3.70. The van der Waals surface area contributed by atoms with Gasteiger partial charge in [-0.05, 0) is 37.6 Å². The number of hydrogen-bond acceptors (Lipinski definition) is 7. The topological polar surface area (TPSA) is 89.6 Å². The lowest BCUT2D eigenvalue weighted by molar-refractivity contribution is 0.196. The summed E-state index contributed by atoms with van der Waals surface area (Å²) < 4.78 is 16.5. The first-order chi connectivity index (χ1) is 15.6. The van der Waals surface area contributed by atoms with Gasteiger partial charge >= 0.3 is 0 Å². The molecule has 32 heavy (non-hydrogen) atoms. The molecule has 168 valence electrons. The van der Waals surface area contributed by atoms with Crippen LogP contribution < -0.4 is 19.8 Å². The van der Waals surface area contributed by atoms with E-state index in [1.54, 1.807) is 33.6 Å². The van der Waals surface area contributed by atoms with E-state index in [9.17, 15) is 4.79 Å². The lowest BCUT2D eigenvalue weighted by Crippen LogP contribution is -2.34. The van der Waals surface area contributed by atoms with Crippen LogP contribution in [0.25, 0.3) is 11.5 Å². The third-order valence-corrected chi connectivity index (χ3v) is 5.77. The Bertz CT molecular complexity index is 1120. The van der Waals surface area contributed by atoms with Crippen LogP contribution in [-0.4, -0.2) is 54.3 Å². The Morgan fingerprint density at radius 2 is 1.84 bits per heavy atom. The van der Waals surface area contributed by atoms with Gasteiger partial charge in [0.05, 0.1) is 27.0 Å². The Kier molecular flexibility index (Phi) is 6.70. The summed E-state index contributed by atoms with van der Waals surface area (Å²) in [5, 5.41) is 0. The fourth-order valence-corrected chi connectivity index (χ4v) is 4.21. The van der Waals surface area contributed by atoms with Crippen LogP contribution in [-0.2, 0) is 6.54 Å². The Balaban J connectivity index is 1.56. The molecular weight excluding hydrogens is 408 g/mol. The van der Waals surface area contributed by atoms with E-state index >= 15 is 0 Å². The van der Waals surface area contributed by atoms with Gasteiger partial charge in [0.1, 0.15) is 11.4 Å². The number of rotatable bonds is 7. The second-order valence-corrected chi connectivity index (χ2v) is 7.83. The van der Waals surface area contributed by atoms with Gasteiger partial charge in [-0.2, -0.15) is 0 Å². The molecule has 1 atom stereocenters. The minimum Gasteiger partial charge on any atom is -0.496 e. The van der Waals surface area contributed by atoms with Crippen LogP contribution in [0, 0.1) is 0 Å². The van der Waals surface area contributed by atoms with Crippen LogP contribution in [0.5, 0.6) is 17.2 Å². The quantitative estimate of drug-likeness (QED) is 0.608. The van der Waals surface area contributed by atoms with Gasteiger partial charge in [-0.3, -0.25) is 14.7 Å². The molecule has 0 aliphatic carbocycles. The number of pyridine rings is 1. The van der Waals surface area contributed by atoms with Gasteiger partial charge in [-0.15, -0.1) is 0 Å². The fraction of sp³-hybridized carbons (Fsp3) is 0.375. The van der Waals surface area contributed by atoms with Gasteiger partial charge in [-0.1, -0.05) is 6.07 Å². The molecule has 8 nitrogen and oxygen atoms in total. The third kappa shape index (κ3) is 4.75. The number of ether oxygens (including phenoxy) is 3. The summed E-state index contributed by atoms with van der Waals surface area (Å²) in [4.78, 5) is 26.6. The van der Waals surface area contributed by atoms with Crippen molar-refractivity contribution in [1.29, 1.82) is 0 Å². The highest BCUT2D eigenvalue weighted by Crippen LogP contribution is 2.36. The predicted octanol–water partition coefficient (Wildman–Crippen LogP) is 3.24. The molecule has 2 aromatic heterocycles. The van der Waals surface area contributed by atoms with Crippen molar-refractivity contribution in [1.82, 2.24) is 19.9 Å². The zero-order valence-electron chi connectivity index (χ0n) is 18.6. The molecule has 0 bridgehead atoms. The molecule has 1 aliphatic heterocycles. The van der Waals surface area contributed by atoms with Crippen molar-refractivity contribution in [3.63, 3.8) is 0 Å². The molecule has 1 unspecified atom stereocenters. The van der Waals surface area contributed by atoms with Gasteiger partial charge in [0.15, 0.2) is 17.3 Å². The van der Waals surface area contributed by atoms with Crippen molar-refractivity contribution in [2.45, 2.75) is 25.3 Å². The SMILES string of the molecule is COc1cc(OC)c(OC)cc1CN1CCCC(c2cc(=O)[nH]c(-c3ccccn3)n2)C1. The van der Waals surface area contributed by atoms with Crippen molar-refractivity contribution in [2.75, 3.05) is 34.4 Å². The lowest BCUT2D eigenvalue weighted by atomic mass is 9.94. The maximum absolute atomic E-state index is 12.3. The van der Waals surface area contributed by atoms with E-state index < -0.39 is 0 Å². The number of aromatic nitrogens is 3. The molecule has 1 N–H and O–H groups in total. The molecule has 1 saturated heterocycles. The third-order valence-electron chi connectivity index (χ3n) is 5.77. The minimum atomic E-state index is -0.158. The van der Waals surface area contributed by atoms with E-state index in [0.717, 1.165) is 42.9 Å². The highest BCUT2D eigenvalue weighted by molar-refractivity contribution is 5.51. The molecule has 1 aromatic carbocycles. The molecular formula is C24H28N4O4. The van der Waals surface area contributed by atoms with Gasteiger partial charge < -0.3 is 19.2 Å². The number of H-pyrrole nitrogens is 1. The number of benzene rings is 1. The van der Waals surface area contributed by atoms with Crippen molar-refractivity contribution < 1.29 is 14.2 Å². The van der Waals surface area contributed by atoms with Crippen molar-refractivity contribution in [3.05, 3.63) is 64.2 Å². The zero-order chi connectivity index (χ0) is 22.5. The van der Waals surface area contributed by atoms with Crippen LogP contribution in [0.15, 0.2) is 47.4 Å². The number of hydrogen-bond donors (Lipinski definition) is 1. The Hall–Kier alpha value is -3.39. The average Bonchev–Trinajstić information content (AvgIpc) is 2.84. The Labute approximate surface area is 187 Å². The Morgan fingerprint density at radius 1 is 1.06 bits per heavy atom. The maximum Gasteiger partial charge on any atom is 0.251 e. The van der Waals surface area contributed by atoms with E-state index in [0.29, 0.717) is 29.6 Å². The number of methoxy groups -OCH3 is 3. The number of likely N-dealkylation sites (tertiary alicyclic amines) is 1. The summed E-state index contributed by atoms with van der Waals surface area (Å²) in [5.41, 5.74) is 2.33. The van der Waals surface area contributed by atoms with Gasteiger partial charge in [0.25, 0.3) is 5.56 Å². The summed E-state index contributed by atoms with van der Waals surface area (Å²) in [6, 6.07) is 11.0. The molecule has 0 saturated carbocycles. The molecule has 1 aliphatic rings. The lowest BCUT2D eigenvalue weighted by Gasteiger charge is -2.33. The molecule has 1 fully saturated rings. The summed E-state index contributed by atoms with van der Waals surface area (Å²) in [5.74, 6) is 2.75. The van der Waals surface area contributed by atoms with E-state index in [-0.39, 0.29) is 11.5 Å². The molecule has 4 rings (SSSR count). The van der Waals surface area contributed by atoms with Gasteiger partial charge in [0, 0.05) is 42.9 Å². The summed E-state index contributed by atoms with van der Waals surface area (Å²) >= 11 is 0. The highest BCUT2D eigenvalue weighted by Gasteiger charge is 2.25. The van der Waals surface area contributed by atoms with Crippen LogP contribution in [0.1, 0.15) is 30.0 Å². The second-order valence-electron chi connectivity index (χ2n) is 7.83. The predicted molar refractivity (Wildman–Crippen MR) is 121 cm³/mol. The molecule has 3 heterocycles. The van der Waals surface area contributed by atoms with Crippen LogP contribution in [0.2, 0.25) is 0 Å². The van der Waals surface area contributed by atoms with E-state index in [1.807, 2.05) is 30.3 Å². The number of nitrogens with one attached hydrogen (secondary N) is 1. The van der Waals surface area contributed by atoms with Crippen LogP contribution >= 0.6 is 0 Å². The molecule has 0 radical (unpaired) electrons. The van der Waals surface area contributed by atoms with Gasteiger partial charge in [0.2, 0.25) is 0 Å². The normalized spacial score (nSPS) is 16.5. The monoisotopic (exact) mass is 436 g/mol. The van der Waals surface area contributed by atoms with Crippen LogP contribution in [0.3, 0.4) is 0 Å². The molecule has 3 aromatic rings. The van der Waals surface area contributed by atoms with E-state index in [2.05, 4.69) is 14.9 Å². The van der Waals surface area contributed by atoms with Crippen molar-refractivity contribution in [3.8, 4) is 28.8 Å². The number of nitrogens with zero attached hydrogens (tertiary/aromatic N) is 3. The second kappa shape index (κ2) is 9.82. The molecule has 8 heteroatoms. The molecule has 0 amide bonds. The van der Waals surface area contributed by atoms with E-state index in [4.69, 9.17) is 19.2 Å². The van der Waals surface area contributed by atoms with Crippen LogP contribution in [0.4, 0.5) is 0 Å². The summed E-state index contributed by atoms with van der Waals surface area (Å²) in [7, 11) is 4.89. The van der Waals surface area contributed by atoms with Gasteiger partial charge in [-0.25, -0.2) is 4.98 Å². The van der Waals surface area contributed by atoms with E-state index in [1.165, 1.54) is 0 Å². The Morgan fingerprint density at radius 3 is 2.56 bits per heavy atom. The first-order valence-corrected chi connectivity index (χ1v) is 10.6. The first-order valence-electron chi connectivity index (χ1n) is 10.6. The number of aromatic amines is 1. The van der Waals surface area contributed by atoms with Crippen molar-refractivity contribution in [2.24, 2.45) is 0 Å². The highest BCUT2D eigenvalue weighted by atomic mass is 16.5. The first kappa shape index (κ1) is 21.8. The largest absolute Gasteiger partial charge is 0.496 e. The zero-order valence-corrected chi connectivity index (χ0v) is 18.6. The maximum atomic E-state index is 12.3. The smallest absolute Gasteiger partial charge is 0.251 e. The van der Waals surface area contributed by atoms with Crippen molar-refractivity contribution >= 4 is 0 Å². The molecule has 0 spiro atoms. The average molecular weight is 437 g/mol. The fourth-order valence-electron chi connectivity index (χ4n) is 4.21.